The normalized spacial score (nSPS) is 9.54. The molecule has 0 aromatic carbocycles. The fourth-order valence-electron chi connectivity index (χ4n) is 1.14. The van der Waals surface area contributed by atoms with E-state index in [1.54, 1.807) is 6.20 Å². The van der Waals surface area contributed by atoms with E-state index in [4.69, 9.17) is 11.6 Å². The summed E-state index contributed by atoms with van der Waals surface area (Å²) < 4.78 is 1.96. The van der Waals surface area contributed by atoms with E-state index in [-0.39, 0.29) is 0 Å². The quantitative estimate of drug-likeness (QED) is 0.632. The lowest BCUT2D eigenvalue weighted by atomic mass is 10.4. The van der Waals surface area contributed by atoms with Crippen molar-refractivity contribution in [2.45, 2.75) is 20.8 Å². The number of hydrogen-bond acceptors (Lipinski definition) is 1. The van der Waals surface area contributed by atoms with Crippen LogP contribution in [0.3, 0.4) is 0 Å². The van der Waals surface area contributed by atoms with Crippen molar-refractivity contribution in [1.82, 2.24) is 9.38 Å². The Kier molecular flexibility index (Phi) is 3.32. The lowest BCUT2D eigenvalue weighted by Crippen LogP contribution is -1.83. The molecule has 0 bridgehead atoms. The van der Waals surface area contributed by atoms with Gasteiger partial charge in [-0.25, -0.2) is 4.98 Å². The number of halogens is 1. The van der Waals surface area contributed by atoms with Crippen LogP contribution in [0.1, 0.15) is 19.4 Å². The van der Waals surface area contributed by atoms with E-state index in [2.05, 4.69) is 4.98 Å². The smallest absolute Gasteiger partial charge is 0.153 e. The molecule has 0 saturated heterocycles. The summed E-state index contributed by atoms with van der Waals surface area (Å²) in [6.07, 6.45) is 5.59. The Morgan fingerprint density at radius 2 is 2.08 bits per heavy atom. The second-order valence-electron chi connectivity index (χ2n) is 2.53. The van der Waals surface area contributed by atoms with Gasteiger partial charge in [-0.3, -0.25) is 0 Å². The van der Waals surface area contributed by atoms with Crippen LogP contribution in [0.5, 0.6) is 0 Å². The summed E-state index contributed by atoms with van der Waals surface area (Å²) in [5, 5.41) is 0.556. The molecule has 0 aliphatic rings. The van der Waals surface area contributed by atoms with Crippen molar-refractivity contribution in [1.29, 1.82) is 0 Å². The molecule has 2 nitrogen and oxygen atoms in total. The van der Waals surface area contributed by atoms with Gasteiger partial charge in [-0.1, -0.05) is 25.4 Å². The zero-order valence-corrected chi connectivity index (χ0v) is 8.84. The molecule has 0 aliphatic heterocycles. The number of fused-ring (bicyclic) bond motifs is 1. The highest BCUT2D eigenvalue weighted by Gasteiger charge is 1.99. The van der Waals surface area contributed by atoms with Gasteiger partial charge in [0.2, 0.25) is 0 Å². The summed E-state index contributed by atoms with van der Waals surface area (Å²) in [7, 11) is 0. The zero-order valence-electron chi connectivity index (χ0n) is 8.08. The van der Waals surface area contributed by atoms with Crippen molar-refractivity contribution < 1.29 is 0 Å². The van der Waals surface area contributed by atoms with E-state index in [0.717, 1.165) is 5.52 Å². The van der Waals surface area contributed by atoms with Crippen molar-refractivity contribution >= 4 is 17.1 Å². The molecule has 2 aromatic heterocycles. The van der Waals surface area contributed by atoms with Crippen LogP contribution in [0.15, 0.2) is 24.7 Å². The monoisotopic (exact) mass is 196 g/mol. The van der Waals surface area contributed by atoms with Crippen LogP contribution in [0.4, 0.5) is 0 Å². The Balaban J connectivity index is 0.000000396. The molecule has 0 spiro atoms. The van der Waals surface area contributed by atoms with Crippen LogP contribution in [0.25, 0.3) is 5.52 Å². The number of hydrogen-bond donors (Lipinski definition) is 0. The predicted octanol–water partition coefficient (Wildman–Crippen LogP) is 3.32. The van der Waals surface area contributed by atoms with Crippen molar-refractivity contribution in [3.8, 4) is 0 Å². The fourth-order valence-corrected chi connectivity index (χ4v) is 1.35. The molecule has 0 atom stereocenters. The average molecular weight is 197 g/mol. The summed E-state index contributed by atoms with van der Waals surface area (Å²) in [4.78, 5) is 3.97. The molecular formula is C10H13ClN2. The minimum atomic E-state index is 0.556. The molecule has 0 unspecified atom stereocenters. The molecule has 2 rings (SSSR count). The summed E-state index contributed by atoms with van der Waals surface area (Å²) >= 11 is 5.84. The Morgan fingerprint density at radius 1 is 1.38 bits per heavy atom. The van der Waals surface area contributed by atoms with Crippen LogP contribution in [-0.2, 0) is 0 Å². The maximum absolute atomic E-state index is 5.84. The minimum absolute atomic E-state index is 0.556. The molecule has 0 amide bonds. The average Bonchev–Trinajstić information content (AvgIpc) is 2.51. The van der Waals surface area contributed by atoms with Crippen LogP contribution in [0.2, 0.25) is 5.15 Å². The van der Waals surface area contributed by atoms with Crippen LogP contribution < -0.4 is 0 Å². The van der Waals surface area contributed by atoms with Gasteiger partial charge in [-0.2, -0.15) is 0 Å². The van der Waals surface area contributed by atoms with E-state index in [1.165, 1.54) is 5.56 Å². The molecule has 2 heterocycles. The number of aryl methyl sites for hydroxylation is 1. The van der Waals surface area contributed by atoms with E-state index in [9.17, 15) is 0 Å². The number of aromatic nitrogens is 2. The second kappa shape index (κ2) is 4.28. The van der Waals surface area contributed by atoms with E-state index >= 15 is 0 Å². The second-order valence-corrected chi connectivity index (χ2v) is 2.89. The third-order valence-corrected chi connectivity index (χ3v) is 1.90. The third kappa shape index (κ3) is 2.01. The lowest BCUT2D eigenvalue weighted by Gasteiger charge is -1.92. The summed E-state index contributed by atoms with van der Waals surface area (Å²) in [6.45, 7) is 6.03. The zero-order chi connectivity index (χ0) is 9.84. The van der Waals surface area contributed by atoms with Gasteiger partial charge < -0.3 is 4.40 Å². The maximum Gasteiger partial charge on any atom is 0.153 e. The van der Waals surface area contributed by atoms with Gasteiger partial charge in [-0.05, 0) is 18.6 Å². The first kappa shape index (κ1) is 10.1. The highest BCUT2D eigenvalue weighted by Crippen LogP contribution is 2.15. The Bertz CT molecular complexity index is 393. The van der Waals surface area contributed by atoms with Gasteiger partial charge in [0, 0.05) is 18.6 Å². The molecule has 0 N–H and O–H groups in total. The molecule has 0 fully saturated rings. The van der Waals surface area contributed by atoms with Gasteiger partial charge in [-0.15, -0.1) is 0 Å². The van der Waals surface area contributed by atoms with E-state index in [1.807, 2.05) is 43.6 Å². The van der Waals surface area contributed by atoms with Crippen molar-refractivity contribution in [3.05, 3.63) is 35.4 Å². The summed E-state index contributed by atoms with van der Waals surface area (Å²) in [6, 6.07) is 2.01. The van der Waals surface area contributed by atoms with Gasteiger partial charge in [0.25, 0.3) is 0 Å². The topological polar surface area (TPSA) is 17.3 Å². The Hall–Kier alpha value is -1.02. The maximum atomic E-state index is 5.84. The van der Waals surface area contributed by atoms with Crippen LogP contribution in [-0.4, -0.2) is 9.38 Å². The van der Waals surface area contributed by atoms with Gasteiger partial charge in [0.15, 0.2) is 5.15 Å². The SMILES string of the molecule is CC.Cc1cc2c(Cl)nccn2c1. The molecule has 3 heteroatoms. The highest BCUT2D eigenvalue weighted by molar-refractivity contribution is 6.32. The van der Waals surface area contributed by atoms with Crippen molar-refractivity contribution in [3.63, 3.8) is 0 Å². The first-order valence-electron chi connectivity index (χ1n) is 4.36. The molecular weight excluding hydrogens is 184 g/mol. The third-order valence-electron chi connectivity index (χ3n) is 1.61. The molecule has 0 radical (unpaired) electrons. The summed E-state index contributed by atoms with van der Waals surface area (Å²) in [5.41, 5.74) is 2.16. The number of nitrogens with zero attached hydrogens (tertiary/aromatic N) is 2. The van der Waals surface area contributed by atoms with Gasteiger partial charge in [0.05, 0.1) is 5.52 Å². The van der Waals surface area contributed by atoms with Crippen LogP contribution in [0, 0.1) is 6.92 Å². The van der Waals surface area contributed by atoms with Crippen molar-refractivity contribution in [2.24, 2.45) is 0 Å². The standard InChI is InChI=1S/C8H7ClN2.C2H6/c1-6-4-7-8(9)10-2-3-11(7)5-6;1-2/h2-5H,1H3;1-2H3. The Morgan fingerprint density at radius 3 is 2.69 bits per heavy atom. The molecule has 2 aromatic rings. The first-order chi connectivity index (χ1) is 6.27. The predicted molar refractivity (Wildman–Crippen MR) is 56.3 cm³/mol. The molecule has 13 heavy (non-hydrogen) atoms. The van der Waals surface area contributed by atoms with Crippen molar-refractivity contribution in [2.75, 3.05) is 0 Å². The molecule has 0 aliphatic carbocycles. The molecule has 70 valence electrons. The van der Waals surface area contributed by atoms with Gasteiger partial charge >= 0.3 is 0 Å². The number of rotatable bonds is 0. The Labute approximate surface area is 83.2 Å². The van der Waals surface area contributed by atoms with Crippen LogP contribution >= 0.6 is 11.6 Å². The van der Waals surface area contributed by atoms with E-state index < -0.39 is 0 Å². The fraction of sp³-hybridized carbons (Fsp3) is 0.300. The minimum Gasteiger partial charge on any atom is -0.319 e. The highest BCUT2D eigenvalue weighted by atomic mass is 35.5. The molecule has 0 saturated carbocycles. The van der Waals surface area contributed by atoms with E-state index in [0.29, 0.717) is 5.15 Å². The largest absolute Gasteiger partial charge is 0.319 e. The summed E-state index contributed by atoms with van der Waals surface area (Å²) in [5.74, 6) is 0. The first-order valence-corrected chi connectivity index (χ1v) is 4.74. The van der Waals surface area contributed by atoms with Gasteiger partial charge in [0.1, 0.15) is 0 Å². The lowest BCUT2D eigenvalue weighted by molar-refractivity contribution is 1.13.